The summed E-state index contributed by atoms with van der Waals surface area (Å²) in [4.78, 5) is 12.1. The highest BCUT2D eigenvalue weighted by Gasteiger charge is 2.42. The van der Waals surface area contributed by atoms with Gasteiger partial charge in [-0.15, -0.1) is 0 Å². The molecule has 1 N–H and O–H groups in total. The van der Waals surface area contributed by atoms with Crippen LogP contribution in [0, 0.1) is 11.8 Å². The Bertz CT molecular complexity index is 426. The van der Waals surface area contributed by atoms with Crippen molar-refractivity contribution >= 4 is 21.8 Å². The van der Waals surface area contributed by atoms with Crippen LogP contribution >= 0.6 is 15.9 Å². The summed E-state index contributed by atoms with van der Waals surface area (Å²) in [5.41, 5.74) is 0.755. The summed E-state index contributed by atoms with van der Waals surface area (Å²) >= 11 is 3.40. The predicted molar refractivity (Wildman–Crippen MR) is 70.8 cm³/mol. The molecule has 0 aromatic heterocycles. The lowest BCUT2D eigenvalue weighted by molar-refractivity contribution is 0.0926. The fourth-order valence-electron chi connectivity index (χ4n) is 2.40. The molecule has 2 aliphatic rings. The smallest absolute Gasteiger partial charge is 0.251 e. The summed E-state index contributed by atoms with van der Waals surface area (Å²) in [6, 6.07) is 8.03. The zero-order valence-electron chi connectivity index (χ0n) is 9.66. The Morgan fingerprint density at radius 2 is 1.88 bits per heavy atom. The van der Waals surface area contributed by atoms with Crippen LogP contribution in [-0.4, -0.2) is 11.9 Å². The van der Waals surface area contributed by atoms with Crippen molar-refractivity contribution in [2.24, 2.45) is 11.8 Å². The molecule has 0 radical (unpaired) electrons. The number of nitrogens with one attached hydrogen (secondary N) is 1. The number of benzene rings is 1. The Kier molecular flexibility index (Phi) is 2.95. The molecule has 2 fully saturated rings. The molecule has 17 heavy (non-hydrogen) atoms. The van der Waals surface area contributed by atoms with E-state index < -0.39 is 0 Å². The Labute approximate surface area is 110 Å². The van der Waals surface area contributed by atoms with Crippen LogP contribution in [0.25, 0.3) is 0 Å². The van der Waals surface area contributed by atoms with E-state index in [2.05, 4.69) is 21.2 Å². The Balaban J connectivity index is 1.69. The largest absolute Gasteiger partial charge is 0.349 e. The molecule has 0 unspecified atom stereocenters. The molecule has 90 valence electrons. The third-order valence-electron chi connectivity index (χ3n) is 3.64. The first-order valence-electron chi connectivity index (χ1n) is 6.30. The van der Waals surface area contributed by atoms with Crippen LogP contribution < -0.4 is 5.32 Å². The number of halogens is 1. The first-order valence-corrected chi connectivity index (χ1v) is 7.10. The first kappa shape index (κ1) is 11.3. The van der Waals surface area contributed by atoms with Gasteiger partial charge in [-0.05, 0) is 55.7 Å². The summed E-state index contributed by atoms with van der Waals surface area (Å²) in [6.45, 7) is 0. The van der Waals surface area contributed by atoms with Gasteiger partial charge in [0.2, 0.25) is 0 Å². The summed E-state index contributed by atoms with van der Waals surface area (Å²) in [7, 11) is 0. The maximum Gasteiger partial charge on any atom is 0.251 e. The van der Waals surface area contributed by atoms with E-state index >= 15 is 0 Å². The van der Waals surface area contributed by atoms with Crippen LogP contribution in [-0.2, 0) is 0 Å². The summed E-state index contributed by atoms with van der Waals surface area (Å²) in [5, 5.41) is 3.22. The van der Waals surface area contributed by atoms with Crippen molar-refractivity contribution < 1.29 is 4.79 Å². The maximum absolute atomic E-state index is 12.1. The predicted octanol–water partition coefficient (Wildman–Crippen LogP) is 3.37. The molecule has 2 aliphatic carbocycles. The van der Waals surface area contributed by atoms with Crippen molar-refractivity contribution in [3.05, 3.63) is 34.3 Å². The van der Waals surface area contributed by atoms with Crippen molar-refractivity contribution in [2.45, 2.75) is 31.7 Å². The van der Waals surface area contributed by atoms with E-state index in [0.717, 1.165) is 21.9 Å². The molecule has 3 rings (SSSR count). The first-order chi connectivity index (χ1) is 8.24. The van der Waals surface area contributed by atoms with Crippen molar-refractivity contribution in [2.75, 3.05) is 0 Å². The second-order valence-corrected chi connectivity index (χ2v) is 6.10. The molecule has 0 spiro atoms. The molecule has 2 nitrogen and oxygen atoms in total. The van der Waals surface area contributed by atoms with E-state index in [9.17, 15) is 4.79 Å². The third-order valence-corrected chi connectivity index (χ3v) is 4.14. The average Bonchev–Trinajstić information content (AvgIpc) is 3.16. The van der Waals surface area contributed by atoms with E-state index in [4.69, 9.17) is 0 Å². The fourth-order valence-corrected chi connectivity index (χ4v) is 2.79. The molecule has 0 bridgehead atoms. The highest BCUT2D eigenvalue weighted by Crippen LogP contribution is 2.44. The minimum Gasteiger partial charge on any atom is -0.349 e. The van der Waals surface area contributed by atoms with Gasteiger partial charge in [0.05, 0.1) is 0 Å². The summed E-state index contributed by atoms with van der Waals surface area (Å²) in [5.74, 6) is 1.58. The topological polar surface area (TPSA) is 29.1 Å². The van der Waals surface area contributed by atoms with Gasteiger partial charge in [0.15, 0.2) is 0 Å². The van der Waals surface area contributed by atoms with E-state index in [1.165, 1.54) is 25.7 Å². The Morgan fingerprint density at radius 3 is 2.41 bits per heavy atom. The van der Waals surface area contributed by atoms with Crippen LogP contribution in [0.4, 0.5) is 0 Å². The standard InChI is InChI=1S/C14H16BrNO/c15-12-3-1-2-11(8-12)14(17)16-13(9-4-5-9)10-6-7-10/h1-3,8-10,13H,4-7H2,(H,16,17). The fraction of sp³-hybridized carbons (Fsp3) is 0.500. The van der Waals surface area contributed by atoms with Gasteiger partial charge < -0.3 is 5.32 Å². The van der Waals surface area contributed by atoms with Gasteiger partial charge in [0, 0.05) is 16.1 Å². The lowest BCUT2D eigenvalue weighted by Crippen LogP contribution is -2.38. The number of hydrogen-bond acceptors (Lipinski definition) is 1. The second-order valence-electron chi connectivity index (χ2n) is 5.18. The minimum absolute atomic E-state index is 0.0788. The molecular weight excluding hydrogens is 278 g/mol. The van der Waals surface area contributed by atoms with Crippen LogP contribution in [0.2, 0.25) is 0 Å². The highest BCUT2D eigenvalue weighted by atomic mass is 79.9. The van der Waals surface area contributed by atoms with Crippen molar-refractivity contribution in [3.8, 4) is 0 Å². The molecule has 1 aromatic rings. The molecule has 2 saturated carbocycles. The van der Waals surface area contributed by atoms with Crippen molar-refractivity contribution in [3.63, 3.8) is 0 Å². The zero-order chi connectivity index (χ0) is 11.8. The van der Waals surface area contributed by atoms with E-state index in [1.807, 2.05) is 24.3 Å². The van der Waals surface area contributed by atoms with Gasteiger partial charge in [-0.3, -0.25) is 4.79 Å². The third kappa shape index (κ3) is 2.71. The van der Waals surface area contributed by atoms with Crippen molar-refractivity contribution in [1.82, 2.24) is 5.32 Å². The van der Waals surface area contributed by atoms with Gasteiger partial charge in [0.25, 0.3) is 5.91 Å². The second kappa shape index (κ2) is 4.45. The van der Waals surface area contributed by atoms with Crippen LogP contribution in [0.15, 0.2) is 28.7 Å². The molecule has 1 aromatic carbocycles. The van der Waals surface area contributed by atoms with E-state index in [0.29, 0.717) is 6.04 Å². The van der Waals surface area contributed by atoms with E-state index in [1.54, 1.807) is 0 Å². The molecule has 1 amide bonds. The highest BCUT2D eigenvalue weighted by molar-refractivity contribution is 9.10. The van der Waals surface area contributed by atoms with Gasteiger partial charge in [-0.25, -0.2) is 0 Å². The quantitative estimate of drug-likeness (QED) is 0.906. The van der Waals surface area contributed by atoms with E-state index in [-0.39, 0.29) is 5.91 Å². The maximum atomic E-state index is 12.1. The Hall–Kier alpha value is -0.830. The van der Waals surface area contributed by atoms with Gasteiger partial charge >= 0.3 is 0 Å². The average molecular weight is 294 g/mol. The lowest BCUT2D eigenvalue weighted by Gasteiger charge is -2.17. The van der Waals surface area contributed by atoms with Crippen molar-refractivity contribution in [1.29, 1.82) is 0 Å². The van der Waals surface area contributed by atoms with Gasteiger partial charge in [-0.1, -0.05) is 22.0 Å². The number of rotatable bonds is 4. The van der Waals surface area contributed by atoms with Crippen LogP contribution in [0.1, 0.15) is 36.0 Å². The molecule has 0 atom stereocenters. The molecule has 3 heteroatoms. The SMILES string of the molecule is O=C(NC(C1CC1)C1CC1)c1cccc(Br)c1. The monoisotopic (exact) mass is 293 g/mol. The summed E-state index contributed by atoms with van der Waals surface area (Å²) < 4.78 is 0.958. The van der Waals surface area contributed by atoms with Crippen LogP contribution in [0.3, 0.4) is 0 Å². The molecule has 0 saturated heterocycles. The molecule has 0 aliphatic heterocycles. The van der Waals surface area contributed by atoms with Gasteiger partial charge in [0.1, 0.15) is 0 Å². The Morgan fingerprint density at radius 1 is 1.24 bits per heavy atom. The summed E-state index contributed by atoms with van der Waals surface area (Å²) in [6.07, 6.45) is 5.17. The number of carbonyl (C=O) groups excluding carboxylic acids is 1. The minimum atomic E-state index is 0.0788. The van der Waals surface area contributed by atoms with Gasteiger partial charge in [-0.2, -0.15) is 0 Å². The number of carbonyl (C=O) groups is 1. The number of hydrogen-bond donors (Lipinski definition) is 1. The molecular formula is C14H16BrNO. The lowest BCUT2D eigenvalue weighted by atomic mass is 10.1. The van der Waals surface area contributed by atoms with Crippen LogP contribution in [0.5, 0.6) is 0 Å². The molecule has 0 heterocycles. The number of amides is 1. The normalized spacial score (nSPS) is 19.4. The zero-order valence-corrected chi connectivity index (χ0v) is 11.2.